The molecule has 0 spiro atoms. The summed E-state index contributed by atoms with van der Waals surface area (Å²) in [6.07, 6.45) is 3.02. The van der Waals surface area contributed by atoms with Gasteiger partial charge >= 0.3 is 0 Å². The molecule has 0 aromatic heterocycles. The number of alkyl halides is 1. The third-order valence-corrected chi connectivity index (χ3v) is 4.10. The molecular weight excluding hydrogens is 184 g/mol. The molecule has 0 aromatic carbocycles. The first-order chi connectivity index (χ1) is 5.98. The summed E-state index contributed by atoms with van der Waals surface area (Å²) in [6.45, 7) is 6.56. The van der Waals surface area contributed by atoms with E-state index in [0.29, 0.717) is 17.7 Å². The normalized spacial score (nSPS) is 41.1. The number of aliphatic hydroxyl groups excluding tert-OH is 1. The number of rotatable bonds is 2. The SMILES string of the molecule is CC(C)C1CC[C@@](C)(CCl)CC1O. The zero-order chi connectivity index (χ0) is 10.1. The lowest BCUT2D eigenvalue weighted by atomic mass is 9.68. The minimum absolute atomic E-state index is 0.141. The number of hydrogen-bond acceptors (Lipinski definition) is 1. The van der Waals surface area contributed by atoms with Crippen molar-refractivity contribution in [3.05, 3.63) is 0 Å². The highest BCUT2D eigenvalue weighted by Crippen LogP contribution is 2.41. The maximum Gasteiger partial charge on any atom is 0.0576 e. The van der Waals surface area contributed by atoms with Crippen LogP contribution in [0.4, 0.5) is 0 Å². The van der Waals surface area contributed by atoms with Gasteiger partial charge in [0.2, 0.25) is 0 Å². The van der Waals surface area contributed by atoms with Crippen molar-refractivity contribution >= 4 is 11.6 Å². The van der Waals surface area contributed by atoms with Crippen LogP contribution < -0.4 is 0 Å². The van der Waals surface area contributed by atoms with E-state index in [9.17, 15) is 5.11 Å². The van der Waals surface area contributed by atoms with E-state index in [-0.39, 0.29) is 11.5 Å². The van der Waals surface area contributed by atoms with Crippen molar-refractivity contribution in [1.82, 2.24) is 0 Å². The molecule has 2 heteroatoms. The Hall–Kier alpha value is 0.250. The molecule has 1 N–H and O–H groups in total. The topological polar surface area (TPSA) is 20.2 Å². The summed E-state index contributed by atoms with van der Waals surface area (Å²) >= 11 is 5.90. The van der Waals surface area contributed by atoms with Crippen LogP contribution in [0, 0.1) is 17.3 Å². The predicted molar refractivity (Wildman–Crippen MR) is 57.0 cm³/mol. The lowest BCUT2D eigenvalue weighted by Gasteiger charge is -2.41. The van der Waals surface area contributed by atoms with Crippen LogP contribution in [-0.4, -0.2) is 17.1 Å². The van der Waals surface area contributed by atoms with Crippen molar-refractivity contribution in [2.75, 3.05) is 5.88 Å². The summed E-state index contributed by atoms with van der Waals surface area (Å²) in [4.78, 5) is 0. The van der Waals surface area contributed by atoms with Crippen molar-refractivity contribution < 1.29 is 5.11 Å². The molecule has 1 saturated carbocycles. The van der Waals surface area contributed by atoms with Crippen LogP contribution in [0.1, 0.15) is 40.0 Å². The van der Waals surface area contributed by atoms with Crippen molar-refractivity contribution in [1.29, 1.82) is 0 Å². The summed E-state index contributed by atoms with van der Waals surface area (Å²) in [5.41, 5.74) is 0.173. The average molecular weight is 205 g/mol. The molecule has 3 atom stereocenters. The number of halogens is 1. The van der Waals surface area contributed by atoms with Gasteiger partial charge in [-0.1, -0.05) is 20.8 Å². The molecule has 13 heavy (non-hydrogen) atoms. The second-order valence-corrected chi connectivity index (χ2v) is 5.43. The third kappa shape index (κ3) is 2.60. The number of hydrogen-bond donors (Lipinski definition) is 1. The van der Waals surface area contributed by atoms with E-state index in [1.165, 1.54) is 0 Å². The fourth-order valence-corrected chi connectivity index (χ4v) is 2.61. The molecule has 2 unspecified atom stereocenters. The Morgan fingerprint density at radius 1 is 1.54 bits per heavy atom. The zero-order valence-electron chi connectivity index (χ0n) is 8.89. The van der Waals surface area contributed by atoms with Crippen LogP contribution in [0.15, 0.2) is 0 Å². The molecule has 0 radical (unpaired) electrons. The Morgan fingerprint density at radius 2 is 2.15 bits per heavy atom. The highest BCUT2D eigenvalue weighted by Gasteiger charge is 2.37. The molecule has 1 rings (SSSR count). The second-order valence-electron chi connectivity index (χ2n) is 5.16. The van der Waals surface area contributed by atoms with Crippen molar-refractivity contribution in [2.45, 2.75) is 46.1 Å². The summed E-state index contributed by atoms with van der Waals surface area (Å²) in [5, 5.41) is 9.95. The van der Waals surface area contributed by atoms with E-state index >= 15 is 0 Å². The van der Waals surface area contributed by atoms with Gasteiger partial charge < -0.3 is 5.11 Å². The first kappa shape index (κ1) is 11.3. The van der Waals surface area contributed by atoms with E-state index in [1.807, 2.05) is 0 Å². The molecule has 0 aromatic rings. The second kappa shape index (κ2) is 4.18. The van der Waals surface area contributed by atoms with E-state index in [0.717, 1.165) is 19.3 Å². The predicted octanol–water partition coefficient (Wildman–Crippen LogP) is 3.05. The van der Waals surface area contributed by atoms with Crippen molar-refractivity contribution in [3.8, 4) is 0 Å². The molecule has 78 valence electrons. The Balaban J connectivity index is 2.56. The van der Waals surface area contributed by atoms with Crippen LogP contribution in [-0.2, 0) is 0 Å². The van der Waals surface area contributed by atoms with E-state index in [4.69, 9.17) is 11.6 Å². The van der Waals surface area contributed by atoms with E-state index < -0.39 is 0 Å². The van der Waals surface area contributed by atoms with Gasteiger partial charge in [-0.15, -0.1) is 11.6 Å². The lowest BCUT2D eigenvalue weighted by Crippen LogP contribution is -2.38. The third-order valence-electron chi connectivity index (χ3n) is 3.46. The van der Waals surface area contributed by atoms with Crippen LogP contribution in [0.3, 0.4) is 0 Å². The van der Waals surface area contributed by atoms with Gasteiger partial charge in [-0.05, 0) is 36.5 Å². The molecule has 0 amide bonds. The Bertz CT molecular complexity index is 169. The van der Waals surface area contributed by atoms with Crippen LogP contribution in [0.25, 0.3) is 0 Å². The molecule has 1 fully saturated rings. The van der Waals surface area contributed by atoms with Gasteiger partial charge in [0.15, 0.2) is 0 Å². The monoisotopic (exact) mass is 204 g/mol. The highest BCUT2D eigenvalue weighted by molar-refractivity contribution is 6.18. The van der Waals surface area contributed by atoms with Gasteiger partial charge in [0.25, 0.3) is 0 Å². The Labute approximate surface area is 86.5 Å². The molecule has 1 aliphatic rings. The fraction of sp³-hybridized carbons (Fsp3) is 1.00. The molecular formula is C11H21ClO. The minimum atomic E-state index is -0.141. The average Bonchev–Trinajstić information content (AvgIpc) is 2.03. The quantitative estimate of drug-likeness (QED) is 0.686. The first-order valence-corrected chi connectivity index (χ1v) is 5.76. The molecule has 1 aliphatic carbocycles. The summed E-state index contributed by atoms with van der Waals surface area (Å²) in [5.74, 6) is 1.75. The van der Waals surface area contributed by atoms with E-state index in [1.54, 1.807) is 0 Å². The van der Waals surface area contributed by atoms with Crippen LogP contribution >= 0.6 is 11.6 Å². The highest BCUT2D eigenvalue weighted by atomic mass is 35.5. The summed E-state index contributed by atoms with van der Waals surface area (Å²) < 4.78 is 0. The van der Waals surface area contributed by atoms with Crippen LogP contribution in [0.2, 0.25) is 0 Å². The Kier molecular flexibility index (Phi) is 3.64. The molecule has 0 heterocycles. The first-order valence-electron chi connectivity index (χ1n) is 5.22. The maximum atomic E-state index is 9.95. The molecule has 1 nitrogen and oxygen atoms in total. The van der Waals surface area contributed by atoms with Gasteiger partial charge in [0, 0.05) is 5.88 Å². The molecule has 0 saturated heterocycles. The van der Waals surface area contributed by atoms with E-state index in [2.05, 4.69) is 20.8 Å². The Morgan fingerprint density at radius 3 is 2.54 bits per heavy atom. The largest absolute Gasteiger partial charge is 0.393 e. The smallest absolute Gasteiger partial charge is 0.0576 e. The van der Waals surface area contributed by atoms with Gasteiger partial charge in [0.1, 0.15) is 0 Å². The van der Waals surface area contributed by atoms with Crippen molar-refractivity contribution in [3.63, 3.8) is 0 Å². The zero-order valence-corrected chi connectivity index (χ0v) is 9.64. The lowest BCUT2D eigenvalue weighted by molar-refractivity contribution is -0.00205. The molecule has 0 aliphatic heterocycles. The number of aliphatic hydroxyl groups is 1. The molecule has 0 bridgehead atoms. The minimum Gasteiger partial charge on any atom is -0.393 e. The fourth-order valence-electron chi connectivity index (χ4n) is 2.36. The van der Waals surface area contributed by atoms with Gasteiger partial charge in [-0.25, -0.2) is 0 Å². The van der Waals surface area contributed by atoms with Gasteiger partial charge in [0.05, 0.1) is 6.10 Å². The summed E-state index contributed by atoms with van der Waals surface area (Å²) in [6, 6.07) is 0. The van der Waals surface area contributed by atoms with Crippen LogP contribution in [0.5, 0.6) is 0 Å². The standard InChI is InChI=1S/C11H21ClO/c1-8(2)9-4-5-11(3,7-12)6-10(9)13/h8-10,13H,4-7H2,1-3H3/t9?,10?,11-/m1/s1. The summed E-state index contributed by atoms with van der Waals surface area (Å²) in [7, 11) is 0. The van der Waals surface area contributed by atoms with Crippen molar-refractivity contribution in [2.24, 2.45) is 17.3 Å². The van der Waals surface area contributed by atoms with Gasteiger partial charge in [-0.3, -0.25) is 0 Å². The maximum absolute atomic E-state index is 9.95. The van der Waals surface area contributed by atoms with Gasteiger partial charge in [-0.2, -0.15) is 0 Å².